The van der Waals surface area contributed by atoms with Crippen LogP contribution in [0.5, 0.6) is 0 Å². The van der Waals surface area contributed by atoms with Gasteiger partial charge in [-0.25, -0.2) is 18.1 Å². The Morgan fingerprint density at radius 3 is 2.45 bits per heavy atom. The molecule has 0 aromatic carbocycles. The highest BCUT2D eigenvalue weighted by atomic mass is 35.5. The van der Waals surface area contributed by atoms with E-state index in [1.807, 2.05) is 0 Å². The highest BCUT2D eigenvalue weighted by molar-refractivity contribution is 7.89. The molecule has 2 aliphatic rings. The molecule has 0 spiro atoms. The van der Waals surface area contributed by atoms with Crippen LogP contribution in [0.25, 0.3) is 0 Å². The van der Waals surface area contributed by atoms with Crippen molar-refractivity contribution in [3.63, 3.8) is 0 Å². The van der Waals surface area contributed by atoms with Gasteiger partial charge in [-0.2, -0.15) is 0 Å². The van der Waals surface area contributed by atoms with Crippen LogP contribution in [0.15, 0.2) is 23.2 Å². The molecule has 0 bridgehead atoms. The summed E-state index contributed by atoms with van der Waals surface area (Å²) in [5.41, 5.74) is 0. The van der Waals surface area contributed by atoms with Crippen molar-refractivity contribution in [3.8, 4) is 0 Å². The van der Waals surface area contributed by atoms with Gasteiger partial charge in [0.1, 0.15) is 10.0 Å². The van der Waals surface area contributed by atoms with Crippen molar-refractivity contribution in [1.29, 1.82) is 0 Å². The van der Waals surface area contributed by atoms with Gasteiger partial charge >= 0.3 is 0 Å². The topological polar surface area (TPSA) is 62.3 Å². The van der Waals surface area contributed by atoms with E-state index < -0.39 is 10.0 Å². The van der Waals surface area contributed by atoms with E-state index in [0.717, 1.165) is 32.0 Å². The number of aromatic nitrogens is 1. The molecular weight excluding hydrogens is 298 g/mol. The van der Waals surface area contributed by atoms with Crippen molar-refractivity contribution in [2.45, 2.75) is 42.7 Å². The molecule has 0 amide bonds. The van der Waals surface area contributed by atoms with E-state index in [0.29, 0.717) is 5.15 Å². The zero-order chi connectivity index (χ0) is 14.2. The first-order valence-electron chi connectivity index (χ1n) is 6.92. The van der Waals surface area contributed by atoms with Crippen molar-refractivity contribution in [1.82, 2.24) is 14.6 Å². The number of hydrogen-bond donors (Lipinski definition) is 1. The summed E-state index contributed by atoms with van der Waals surface area (Å²) in [6.45, 7) is 1.97. The van der Waals surface area contributed by atoms with Gasteiger partial charge in [0, 0.05) is 18.3 Å². The van der Waals surface area contributed by atoms with Gasteiger partial charge in [0.25, 0.3) is 0 Å². The van der Waals surface area contributed by atoms with Crippen LogP contribution < -0.4 is 4.72 Å². The maximum atomic E-state index is 12.2. The molecule has 5 nitrogen and oxygen atoms in total. The first kappa shape index (κ1) is 14.3. The van der Waals surface area contributed by atoms with Gasteiger partial charge in [-0.3, -0.25) is 0 Å². The Morgan fingerprint density at radius 2 is 1.90 bits per heavy atom. The summed E-state index contributed by atoms with van der Waals surface area (Å²) in [5.74, 6) is 0. The molecular formula is C13H18ClN3O2S. The average Bonchev–Trinajstić information content (AvgIpc) is 3.24. The van der Waals surface area contributed by atoms with Crippen LogP contribution in [0.1, 0.15) is 25.7 Å². The SMILES string of the molecule is O=S(=O)(NC1CCN(C2CC2)CC1)c1ccc(Cl)nc1. The molecule has 20 heavy (non-hydrogen) atoms. The fraction of sp³-hybridized carbons (Fsp3) is 0.615. The van der Waals surface area contributed by atoms with Crippen LogP contribution in [0.4, 0.5) is 0 Å². The van der Waals surface area contributed by atoms with Gasteiger partial charge in [-0.1, -0.05) is 11.6 Å². The molecule has 110 valence electrons. The van der Waals surface area contributed by atoms with E-state index >= 15 is 0 Å². The van der Waals surface area contributed by atoms with Crippen LogP contribution >= 0.6 is 11.6 Å². The van der Waals surface area contributed by atoms with E-state index in [2.05, 4.69) is 14.6 Å². The van der Waals surface area contributed by atoms with Crippen LogP contribution in [0.3, 0.4) is 0 Å². The van der Waals surface area contributed by atoms with Crippen molar-refractivity contribution >= 4 is 21.6 Å². The van der Waals surface area contributed by atoms with Crippen LogP contribution in [0, 0.1) is 0 Å². The van der Waals surface area contributed by atoms with E-state index in [-0.39, 0.29) is 10.9 Å². The van der Waals surface area contributed by atoms with Crippen LogP contribution in [-0.2, 0) is 10.0 Å². The number of hydrogen-bond acceptors (Lipinski definition) is 4. The molecule has 0 unspecified atom stereocenters. The molecule has 1 aromatic heterocycles. The molecule has 1 aliphatic carbocycles. The summed E-state index contributed by atoms with van der Waals surface area (Å²) in [6, 6.07) is 3.75. The van der Waals surface area contributed by atoms with E-state index in [9.17, 15) is 8.42 Å². The highest BCUT2D eigenvalue weighted by Crippen LogP contribution is 2.29. The van der Waals surface area contributed by atoms with E-state index in [1.54, 1.807) is 0 Å². The third kappa shape index (κ3) is 3.31. The molecule has 1 saturated carbocycles. The lowest BCUT2D eigenvalue weighted by molar-refractivity contribution is 0.199. The summed E-state index contributed by atoms with van der Waals surface area (Å²) in [6.07, 6.45) is 5.64. The molecule has 1 N–H and O–H groups in total. The second kappa shape index (κ2) is 5.60. The fourth-order valence-electron chi connectivity index (χ4n) is 2.63. The largest absolute Gasteiger partial charge is 0.300 e. The molecule has 3 rings (SSSR count). The second-order valence-electron chi connectivity index (χ2n) is 5.48. The van der Waals surface area contributed by atoms with Gasteiger partial charge in [0.2, 0.25) is 10.0 Å². The molecule has 1 aromatic rings. The lowest BCUT2D eigenvalue weighted by Gasteiger charge is -2.32. The number of piperidine rings is 1. The first-order valence-corrected chi connectivity index (χ1v) is 8.79. The van der Waals surface area contributed by atoms with Gasteiger partial charge in [0.15, 0.2) is 0 Å². The standard InChI is InChI=1S/C13H18ClN3O2S/c14-13-4-3-12(9-15-13)20(18,19)16-10-5-7-17(8-6-10)11-1-2-11/h3-4,9-11,16H,1-2,5-8H2. The summed E-state index contributed by atoms with van der Waals surface area (Å²) >= 11 is 5.67. The number of likely N-dealkylation sites (tertiary alicyclic amines) is 1. The summed E-state index contributed by atoms with van der Waals surface area (Å²) in [7, 11) is -3.49. The summed E-state index contributed by atoms with van der Waals surface area (Å²) < 4.78 is 27.2. The number of rotatable bonds is 4. The zero-order valence-electron chi connectivity index (χ0n) is 11.1. The maximum Gasteiger partial charge on any atom is 0.242 e. The third-order valence-corrected chi connectivity index (χ3v) is 5.65. The minimum absolute atomic E-state index is 0.0191. The Kier molecular flexibility index (Phi) is 3.99. The molecule has 2 fully saturated rings. The predicted molar refractivity (Wildman–Crippen MR) is 77.2 cm³/mol. The lowest BCUT2D eigenvalue weighted by atomic mass is 10.1. The third-order valence-electron chi connectivity index (χ3n) is 3.93. The quantitative estimate of drug-likeness (QED) is 0.858. The Balaban J connectivity index is 1.60. The Morgan fingerprint density at radius 1 is 1.20 bits per heavy atom. The molecule has 7 heteroatoms. The zero-order valence-corrected chi connectivity index (χ0v) is 12.7. The number of halogens is 1. The normalized spacial score (nSPS) is 22.1. The predicted octanol–water partition coefficient (Wildman–Crippen LogP) is 1.64. The fourth-order valence-corrected chi connectivity index (χ4v) is 3.99. The van der Waals surface area contributed by atoms with Gasteiger partial charge in [0.05, 0.1) is 0 Å². The monoisotopic (exact) mass is 315 g/mol. The van der Waals surface area contributed by atoms with Gasteiger partial charge in [-0.15, -0.1) is 0 Å². The van der Waals surface area contributed by atoms with E-state index in [4.69, 9.17) is 11.6 Å². The molecule has 2 heterocycles. The second-order valence-corrected chi connectivity index (χ2v) is 7.58. The number of nitrogens with one attached hydrogen (secondary N) is 1. The van der Waals surface area contributed by atoms with Gasteiger partial charge < -0.3 is 4.90 Å². The van der Waals surface area contributed by atoms with Crippen molar-refractivity contribution in [2.75, 3.05) is 13.1 Å². The van der Waals surface area contributed by atoms with Crippen LogP contribution in [0.2, 0.25) is 5.15 Å². The number of pyridine rings is 1. The average molecular weight is 316 g/mol. The molecule has 0 radical (unpaired) electrons. The van der Waals surface area contributed by atoms with Gasteiger partial charge in [-0.05, 0) is 50.9 Å². The maximum absolute atomic E-state index is 12.2. The summed E-state index contributed by atoms with van der Waals surface area (Å²) in [5, 5.41) is 0.293. The van der Waals surface area contributed by atoms with E-state index in [1.165, 1.54) is 31.2 Å². The Labute approximate surface area is 124 Å². The minimum Gasteiger partial charge on any atom is -0.300 e. The Hall–Kier alpha value is -0.690. The first-order chi connectivity index (χ1) is 9.54. The minimum atomic E-state index is -3.49. The van der Waals surface area contributed by atoms with Crippen molar-refractivity contribution in [2.24, 2.45) is 0 Å². The Bertz CT molecular complexity index is 564. The van der Waals surface area contributed by atoms with Crippen LogP contribution in [-0.4, -0.2) is 43.5 Å². The lowest BCUT2D eigenvalue weighted by Crippen LogP contribution is -2.45. The molecule has 1 saturated heterocycles. The number of nitrogens with zero attached hydrogens (tertiary/aromatic N) is 2. The van der Waals surface area contributed by atoms with Crippen molar-refractivity contribution < 1.29 is 8.42 Å². The molecule has 1 aliphatic heterocycles. The highest BCUT2D eigenvalue weighted by Gasteiger charge is 2.32. The number of sulfonamides is 1. The van der Waals surface area contributed by atoms with Crippen molar-refractivity contribution in [3.05, 3.63) is 23.5 Å². The summed E-state index contributed by atoms with van der Waals surface area (Å²) in [4.78, 5) is 6.46. The smallest absolute Gasteiger partial charge is 0.242 e. The molecule has 0 atom stereocenters.